The molecule has 0 N–H and O–H groups in total. The number of nitrogens with zero attached hydrogens (tertiary/aromatic N) is 3. The van der Waals surface area contributed by atoms with E-state index in [2.05, 4.69) is 15.0 Å². The summed E-state index contributed by atoms with van der Waals surface area (Å²) in [4.78, 5) is 12.8. The fourth-order valence-electron chi connectivity index (χ4n) is 1.31. The van der Waals surface area contributed by atoms with E-state index in [1.807, 2.05) is 45.9 Å². The topological polar surface area (TPSA) is 38.7 Å². The molecule has 0 aliphatic heterocycles. The van der Waals surface area contributed by atoms with Gasteiger partial charge < -0.3 is 0 Å². The Morgan fingerprint density at radius 2 is 1.65 bits per heavy atom. The monoisotopic (exact) mass is 249 g/mol. The number of halogens is 1. The second-order valence-electron chi connectivity index (χ2n) is 3.32. The van der Waals surface area contributed by atoms with Crippen LogP contribution in [0.15, 0.2) is 24.3 Å². The van der Waals surface area contributed by atoms with E-state index >= 15 is 0 Å². The smallest absolute Gasteiger partial charge is 0.179 e. The summed E-state index contributed by atoms with van der Waals surface area (Å²) in [7, 11) is 0. The van der Waals surface area contributed by atoms with Gasteiger partial charge in [-0.05, 0) is 32.0 Å². The first-order chi connectivity index (χ1) is 8.15. The summed E-state index contributed by atoms with van der Waals surface area (Å²) in [5.74, 6) is 0.573. The lowest BCUT2D eigenvalue weighted by atomic mass is 10.3. The van der Waals surface area contributed by atoms with E-state index in [9.17, 15) is 0 Å². The van der Waals surface area contributed by atoms with Gasteiger partial charge in [-0.25, -0.2) is 15.0 Å². The molecule has 90 valence electrons. The molecule has 2 heterocycles. The van der Waals surface area contributed by atoms with Gasteiger partial charge in [0.05, 0.1) is 0 Å². The third-order valence-corrected chi connectivity index (χ3v) is 2.13. The van der Waals surface area contributed by atoms with E-state index in [-0.39, 0.29) is 0 Å². The van der Waals surface area contributed by atoms with Crippen molar-refractivity contribution in [2.45, 2.75) is 27.7 Å². The average Bonchev–Trinajstić information content (AvgIpc) is 2.30. The maximum absolute atomic E-state index is 5.86. The first-order valence-electron chi connectivity index (χ1n) is 5.60. The Morgan fingerprint density at radius 3 is 2.24 bits per heavy atom. The van der Waals surface area contributed by atoms with Crippen molar-refractivity contribution in [2.75, 3.05) is 0 Å². The van der Waals surface area contributed by atoms with Crippen LogP contribution in [0.3, 0.4) is 0 Å². The van der Waals surface area contributed by atoms with Crippen LogP contribution in [0, 0.1) is 13.8 Å². The van der Waals surface area contributed by atoms with Crippen molar-refractivity contribution in [2.24, 2.45) is 0 Å². The molecule has 0 aliphatic rings. The fraction of sp³-hybridized carbons (Fsp3) is 0.308. The Labute approximate surface area is 107 Å². The van der Waals surface area contributed by atoms with Gasteiger partial charge in [0.15, 0.2) is 5.82 Å². The molecule has 0 aliphatic carbocycles. The Hall–Kier alpha value is -1.48. The highest BCUT2D eigenvalue weighted by atomic mass is 35.5. The summed E-state index contributed by atoms with van der Waals surface area (Å²) < 4.78 is 0. The molecule has 0 saturated heterocycles. The molecular weight excluding hydrogens is 234 g/mol. The molecular formula is C13H16ClN3. The van der Waals surface area contributed by atoms with Crippen LogP contribution in [-0.4, -0.2) is 15.0 Å². The van der Waals surface area contributed by atoms with Crippen LogP contribution < -0.4 is 0 Å². The first-order valence-corrected chi connectivity index (χ1v) is 5.98. The van der Waals surface area contributed by atoms with Gasteiger partial charge in [-0.2, -0.15) is 0 Å². The lowest BCUT2D eigenvalue weighted by Gasteiger charge is -2.02. The minimum absolute atomic E-state index is 0.445. The lowest BCUT2D eigenvalue weighted by Crippen LogP contribution is -1.95. The second kappa shape index (κ2) is 6.30. The molecule has 0 atom stereocenters. The Balaban J connectivity index is 0.000000686. The van der Waals surface area contributed by atoms with Crippen molar-refractivity contribution < 1.29 is 0 Å². The summed E-state index contributed by atoms with van der Waals surface area (Å²) in [6.07, 6.45) is 0. The lowest BCUT2D eigenvalue weighted by molar-refractivity contribution is 1.08. The maximum atomic E-state index is 5.86. The summed E-state index contributed by atoms with van der Waals surface area (Å²) >= 11 is 5.86. The van der Waals surface area contributed by atoms with Gasteiger partial charge >= 0.3 is 0 Å². The Bertz CT molecular complexity index is 478. The third kappa shape index (κ3) is 3.79. The highest BCUT2D eigenvalue weighted by molar-refractivity contribution is 6.29. The van der Waals surface area contributed by atoms with Crippen LogP contribution in [0.2, 0.25) is 5.15 Å². The van der Waals surface area contributed by atoms with Crippen LogP contribution in [0.1, 0.15) is 25.2 Å². The molecule has 0 spiro atoms. The normalized spacial score (nSPS) is 9.47. The fourth-order valence-corrected chi connectivity index (χ4v) is 1.55. The van der Waals surface area contributed by atoms with Crippen LogP contribution >= 0.6 is 11.6 Å². The van der Waals surface area contributed by atoms with Crippen molar-refractivity contribution >= 4 is 11.6 Å². The van der Waals surface area contributed by atoms with Gasteiger partial charge in [-0.1, -0.05) is 31.5 Å². The molecule has 0 bridgehead atoms. The zero-order valence-electron chi connectivity index (χ0n) is 10.5. The molecule has 0 unspecified atom stereocenters. The summed E-state index contributed by atoms with van der Waals surface area (Å²) in [6, 6.07) is 7.46. The predicted octanol–water partition coefficient (Wildman–Crippen LogP) is 3.84. The van der Waals surface area contributed by atoms with E-state index in [1.54, 1.807) is 6.07 Å². The highest BCUT2D eigenvalue weighted by Crippen LogP contribution is 2.15. The van der Waals surface area contributed by atoms with Crippen LogP contribution in [0.25, 0.3) is 11.5 Å². The van der Waals surface area contributed by atoms with E-state index in [1.165, 1.54) is 0 Å². The molecule has 0 radical (unpaired) electrons. The largest absolute Gasteiger partial charge is 0.250 e. The van der Waals surface area contributed by atoms with Crippen molar-refractivity contribution in [1.29, 1.82) is 0 Å². The third-order valence-electron chi connectivity index (χ3n) is 1.94. The van der Waals surface area contributed by atoms with Crippen molar-refractivity contribution in [3.05, 3.63) is 40.8 Å². The SMILES string of the molecule is CC.Cc1cccc(-c2nc(C)cc(Cl)n2)n1. The van der Waals surface area contributed by atoms with Crippen LogP contribution in [0.5, 0.6) is 0 Å². The van der Waals surface area contributed by atoms with Gasteiger partial charge in [0.2, 0.25) is 0 Å². The van der Waals surface area contributed by atoms with Crippen molar-refractivity contribution in [3.8, 4) is 11.5 Å². The number of hydrogen-bond acceptors (Lipinski definition) is 3. The quantitative estimate of drug-likeness (QED) is 0.721. The molecule has 2 aromatic rings. The number of hydrogen-bond donors (Lipinski definition) is 0. The Morgan fingerprint density at radius 1 is 0.941 bits per heavy atom. The average molecular weight is 250 g/mol. The summed E-state index contributed by atoms with van der Waals surface area (Å²) in [5.41, 5.74) is 2.53. The second-order valence-corrected chi connectivity index (χ2v) is 3.71. The molecule has 2 rings (SSSR count). The minimum Gasteiger partial charge on any atom is -0.250 e. The number of rotatable bonds is 1. The van der Waals surface area contributed by atoms with E-state index in [0.717, 1.165) is 17.1 Å². The standard InChI is InChI=1S/C11H10ClN3.C2H6/c1-7-4-3-5-9(13-7)11-14-8(2)6-10(12)15-11;1-2/h3-6H,1-2H3;1-2H3. The molecule has 3 nitrogen and oxygen atoms in total. The Kier molecular flexibility index (Phi) is 5.04. The molecule has 4 heteroatoms. The van der Waals surface area contributed by atoms with Crippen LogP contribution in [0.4, 0.5) is 0 Å². The predicted molar refractivity (Wildman–Crippen MR) is 71.1 cm³/mol. The van der Waals surface area contributed by atoms with Crippen molar-refractivity contribution in [3.63, 3.8) is 0 Å². The van der Waals surface area contributed by atoms with Gasteiger partial charge in [0.1, 0.15) is 10.8 Å². The van der Waals surface area contributed by atoms with Gasteiger partial charge in [0, 0.05) is 11.4 Å². The zero-order valence-corrected chi connectivity index (χ0v) is 11.3. The number of aryl methyl sites for hydroxylation is 2. The molecule has 0 fully saturated rings. The minimum atomic E-state index is 0.445. The molecule has 0 saturated carbocycles. The summed E-state index contributed by atoms with van der Waals surface area (Å²) in [5, 5.41) is 0.445. The van der Waals surface area contributed by atoms with Crippen LogP contribution in [-0.2, 0) is 0 Å². The first kappa shape index (κ1) is 13.6. The van der Waals surface area contributed by atoms with E-state index in [4.69, 9.17) is 11.6 Å². The van der Waals surface area contributed by atoms with E-state index in [0.29, 0.717) is 11.0 Å². The molecule has 0 amide bonds. The maximum Gasteiger partial charge on any atom is 0.179 e. The molecule has 2 aromatic heterocycles. The number of aromatic nitrogens is 3. The van der Waals surface area contributed by atoms with Gasteiger partial charge in [0.25, 0.3) is 0 Å². The van der Waals surface area contributed by atoms with Gasteiger partial charge in [-0.15, -0.1) is 0 Å². The number of pyridine rings is 1. The van der Waals surface area contributed by atoms with Crippen molar-refractivity contribution in [1.82, 2.24) is 15.0 Å². The summed E-state index contributed by atoms with van der Waals surface area (Å²) in [6.45, 7) is 7.81. The van der Waals surface area contributed by atoms with Gasteiger partial charge in [-0.3, -0.25) is 0 Å². The zero-order chi connectivity index (χ0) is 12.8. The molecule has 0 aromatic carbocycles. The van der Waals surface area contributed by atoms with E-state index < -0.39 is 0 Å². The highest BCUT2D eigenvalue weighted by Gasteiger charge is 2.04. The molecule has 17 heavy (non-hydrogen) atoms.